The first-order valence-electron chi connectivity index (χ1n) is 3.79. The molecule has 0 atom stereocenters. The average molecular weight is 209 g/mol. The minimum absolute atomic E-state index is 0.707. The Morgan fingerprint density at radius 2 is 2.18 bits per heavy atom. The van der Waals surface area contributed by atoms with Gasteiger partial charge in [0, 0.05) is 0 Å². The van der Waals surface area contributed by atoms with Gasteiger partial charge in [0.15, 0.2) is 0 Å². The van der Waals surface area contributed by atoms with E-state index < -0.39 is 0 Å². The number of allylic oxidation sites excluding steroid dienone is 1. The topological polar surface area (TPSA) is 0 Å². The average Bonchev–Trinajstić information content (AvgIpc) is 2.47. The molecule has 1 aliphatic rings. The van der Waals surface area contributed by atoms with Gasteiger partial charge in [0.1, 0.15) is 0 Å². The molecule has 1 aliphatic heterocycles. The van der Waals surface area contributed by atoms with Gasteiger partial charge in [-0.3, -0.25) is 0 Å². The Kier molecular flexibility index (Phi) is 1.85. The molecule has 0 nitrogen and oxygen atoms in total. The molecule has 0 amide bonds. The van der Waals surface area contributed by atoms with E-state index in [9.17, 15) is 0 Å². The van der Waals surface area contributed by atoms with Crippen LogP contribution >= 0.6 is 0 Å². The zero-order valence-electron chi connectivity index (χ0n) is 6.50. The molecular weight excluding hydrogens is 199 g/mol. The van der Waals surface area contributed by atoms with Gasteiger partial charge >= 0.3 is 73.1 Å². The van der Waals surface area contributed by atoms with E-state index in [1.54, 1.807) is 10.0 Å². The van der Waals surface area contributed by atoms with Gasteiger partial charge in [0.25, 0.3) is 0 Å². The van der Waals surface area contributed by atoms with Crippen LogP contribution in [0.3, 0.4) is 0 Å². The predicted octanol–water partition coefficient (Wildman–Crippen LogP) is 2.27. The summed E-state index contributed by atoms with van der Waals surface area (Å²) in [5, 5.41) is 1.29. The normalized spacial score (nSPS) is 18.8. The van der Waals surface area contributed by atoms with Gasteiger partial charge in [-0.25, -0.2) is 0 Å². The molecule has 0 bridgehead atoms. The van der Waals surface area contributed by atoms with E-state index in [1.807, 2.05) is 0 Å². The Morgan fingerprint density at radius 1 is 1.36 bits per heavy atom. The fourth-order valence-electron chi connectivity index (χ4n) is 1.36. The molecule has 0 saturated heterocycles. The van der Waals surface area contributed by atoms with E-state index in [1.165, 1.54) is 10.9 Å². The summed E-state index contributed by atoms with van der Waals surface area (Å²) in [4.78, 5) is 0. The summed E-state index contributed by atoms with van der Waals surface area (Å²) >= 11 is 0.707. The van der Waals surface area contributed by atoms with E-state index >= 15 is 0 Å². The van der Waals surface area contributed by atoms with Crippen molar-refractivity contribution in [2.24, 2.45) is 0 Å². The fourth-order valence-corrected chi connectivity index (χ4v) is 3.63. The third-order valence-corrected chi connectivity index (χ3v) is 4.49. The Bertz CT molecular complexity index is 299. The zero-order chi connectivity index (χ0) is 7.68. The van der Waals surface area contributed by atoms with Crippen LogP contribution in [0.2, 0.25) is 0 Å². The van der Waals surface area contributed by atoms with Crippen LogP contribution in [0.25, 0.3) is 4.47 Å². The van der Waals surface area contributed by atoms with Gasteiger partial charge in [0.05, 0.1) is 0 Å². The second-order valence-corrected chi connectivity index (χ2v) is 4.73. The Morgan fingerprint density at radius 3 is 3.00 bits per heavy atom. The van der Waals surface area contributed by atoms with Crippen LogP contribution in [0.15, 0.2) is 30.3 Å². The fraction of sp³-hybridized carbons (Fsp3) is 0.200. The molecular formula is C10H10Se. The SMILES string of the molecule is C/C=C1/[Se]Cc2ccccc21. The van der Waals surface area contributed by atoms with Gasteiger partial charge in [0.2, 0.25) is 0 Å². The van der Waals surface area contributed by atoms with Crippen molar-refractivity contribution in [1.82, 2.24) is 0 Å². The van der Waals surface area contributed by atoms with Crippen LogP contribution in [0.5, 0.6) is 0 Å². The summed E-state index contributed by atoms with van der Waals surface area (Å²) < 4.78 is 1.58. The first-order valence-corrected chi connectivity index (χ1v) is 5.86. The quantitative estimate of drug-likeness (QED) is 0.575. The van der Waals surface area contributed by atoms with Crippen LogP contribution in [-0.2, 0) is 5.32 Å². The summed E-state index contributed by atoms with van der Waals surface area (Å²) in [7, 11) is 0. The van der Waals surface area contributed by atoms with E-state index in [0.29, 0.717) is 15.0 Å². The standard InChI is InChI=1S/C10H10Se/c1-2-10-9-6-4-3-5-8(9)7-11-10/h2-6H,7H2,1H3/b10-2+. The molecule has 1 aromatic carbocycles. The van der Waals surface area contributed by atoms with Crippen molar-refractivity contribution in [2.45, 2.75) is 12.2 Å². The van der Waals surface area contributed by atoms with Crippen molar-refractivity contribution in [1.29, 1.82) is 0 Å². The van der Waals surface area contributed by atoms with E-state index in [-0.39, 0.29) is 0 Å². The molecule has 0 fully saturated rings. The molecule has 56 valence electrons. The van der Waals surface area contributed by atoms with Crippen molar-refractivity contribution in [3.05, 3.63) is 41.5 Å². The number of fused-ring (bicyclic) bond motifs is 1. The molecule has 0 radical (unpaired) electrons. The third-order valence-electron chi connectivity index (χ3n) is 1.93. The zero-order valence-corrected chi connectivity index (χ0v) is 8.22. The van der Waals surface area contributed by atoms with Crippen molar-refractivity contribution in [3.63, 3.8) is 0 Å². The Balaban J connectivity index is 2.55. The number of hydrogen-bond donors (Lipinski definition) is 0. The van der Waals surface area contributed by atoms with Gasteiger partial charge in [-0.1, -0.05) is 0 Å². The van der Waals surface area contributed by atoms with E-state index in [4.69, 9.17) is 0 Å². The summed E-state index contributed by atoms with van der Waals surface area (Å²) in [6, 6.07) is 8.74. The third kappa shape index (κ3) is 1.15. The number of hydrogen-bond acceptors (Lipinski definition) is 0. The van der Waals surface area contributed by atoms with Crippen molar-refractivity contribution in [2.75, 3.05) is 0 Å². The molecule has 1 heterocycles. The molecule has 1 aromatic rings. The molecule has 1 heteroatoms. The molecule has 11 heavy (non-hydrogen) atoms. The predicted molar refractivity (Wildman–Crippen MR) is 49.6 cm³/mol. The molecule has 0 aliphatic carbocycles. The van der Waals surface area contributed by atoms with Crippen molar-refractivity contribution < 1.29 is 0 Å². The summed E-state index contributed by atoms with van der Waals surface area (Å²) in [5.74, 6) is 0. The summed E-state index contributed by atoms with van der Waals surface area (Å²) in [6.07, 6.45) is 2.26. The summed E-state index contributed by atoms with van der Waals surface area (Å²) in [5.41, 5.74) is 3.04. The monoisotopic (exact) mass is 210 g/mol. The van der Waals surface area contributed by atoms with Crippen molar-refractivity contribution >= 4 is 19.4 Å². The van der Waals surface area contributed by atoms with Crippen LogP contribution in [0.1, 0.15) is 18.1 Å². The molecule has 0 spiro atoms. The second-order valence-electron chi connectivity index (χ2n) is 2.60. The van der Waals surface area contributed by atoms with Crippen LogP contribution in [0.4, 0.5) is 0 Å². The Labute approximate surface area is 73.5 Å². The summed E-state index contributed by atoms with van der Waals surface area (Å²) in [6.45, 7) is 2.14. The van der Waals surface area contributed by atoms with E-state index in [2.05, 4.69) is 37.3 Å². The van der Waals surface area contributed by atoms with Crippen LogP contribution in [-0.4, -0.2) is 15.0 Å². The maximum atomic E-state index is 2.26. The molecule has 0 N–H and O–H groups in total. The van der Waals surface area contributed by atoms with Crippen molar-refractivity contribution in [3.8, 4) is 0 Å². The van der Waals surface area contributed by atoms with Crippen LogP contribution < -0.4 is 0 Å². The molecule has 0 saturated carbocycles. The second kappa shape index (κ2) is 2.84. The maximum absolute atomic E-state index is 2.26. The van der Waals surface area contributed by atoms with Crippen LogP contribution in [0, 0.1) is 0 Å². The molecule has 0 unspecified atom stereocenters. The van der Waals surface area contributed by atoms with Gasteiger partial charge in [-0.2, -0.15) is 0 Å². The van der Waals surface area contributed by atoms with Gasteiger partial charge in [-0.15, -0.1) is 0 Å². The molecule has 0 aromatic heterocycles. The van der Waals surface area contributed by atoms with Gasteiger partial charge in [-0.05, 0) is 0 Å². The Hall–Kier alpha value is -0.521. The number of benzene rings is 1. The molecule has 2 rings (SSSR count). The minimum atomic E-state index is 0.707. The first-order chi connectivity index (χ1) is 5.42. The van der Waals surface area contributed by atoms with Gasteiger partial charge < -0.3 is 0 Å². The number of rotatable bonds is 0. The van der Waals surface area contributed by atoms with E-state index in [0.717, 1.165) is 0 Å². The first kappa shape index (κ1) is 7.15.